The normalized spacial score (nSPS) is 10.2. The maximum absolute atomic E-state index is 7.09. The third kappa shape index (κ3) is 2.27. The van der Waals surface area contributed by atoms with Gasteiger partial charge in [0.05, 0.1) is 6.57 Å². The summed E-state index contributed by atoms with van der Waals surface area (Å²) in [6, 6.07) is 11.0. The number of benzene rings is 1. The Balaban J connectivity index is 2.03. The van der Waals surface area contributed by atoms with Crippen molar-refractivity contribution < 1.29 is 4.52 Å². The highest BCUT2D eigenvalue weighted by atomic mass is 16.5. The Kier molecular flexibility index (Phi) is 2.98. The maximum Gasteiger partial charge on any atom is 0.276 e. The molecule has 0 radical (unpaired) electrons. The van der Waals surface area contributed by atoms with Crippen molar-refractivity contribution in [1.29, 1.82) is 0 Å². The zero-order chi connectivity index (χ0) is 13.9. The number of hydrogen-bond donors (Lipinski definition) is 0. The molecule has 0 atom stereocenters. The average molecular weight is 262 g/mol. The Hall–Kier alpha value is -3.00. The van der Waals surface area contributed by atoms with Gasteiger partial charge in [0.15, 0.2) is 5.69 Å². The molecule has 3 rings (SSSR count). The molecule has 0 saturated heterocycles. The predicted molar refractivity (Wildman–Crippen MR) is 74.0 cm³/mol. The minimum Gasteiger partial charge on any atom is -0.332 e. The van der Waals surface area contributed by atoms with Gasteiger partial charge in [-0.05, 0) is 25.1 Å². The second kappa shape index (κ2) is 4.94. The summed E-state index contributed by atoms with van der Waals surface area (Å²) in [7, 11) is 0. The number of nitrogens with zero attached hydrogens (tertiary/aromatic N) is 4. The Labute approximate surface area is 115 Å². The highest BCUT2D eigenvalue weighted by Crippen LogP contribution is 2.26. The van der Waals surface area contributed by atoms with E-state index in [1.165, 1.54) is 0 Å². The summed E-state index contributed by atoms with van der Waals surface area (Å²) in [5.74, 6) is 0.825. The van der Waals surface area contributed by atoms with Gasteiger partial charge in [-0.1, -0.05) is 28.9 Å². The number of rotatable bonds is 2. The van der Waals surface area contributed by atoms with E-state index in [4.69, 9.17) is 11.1 Å². The SMILES string of the molecule is [C-]#[N+]c1cc(C)cc(-c2noc(-c3ccccn3)n2)c1. The van der Waals surface area contributed by atoms with Crippen LogP contribution in [-0.4, -0.2) is 15.1 Å². The number of aryl methyl sites for hydroxylation is 1. The fourth-order valence-corrected chi connectivity index (χ4v) is 1.89. The first kappa shape index (κ1) is 12.1. The number of hydrogen-bond acceptors (Lipinski definition) is 4. The fraction of sp³-hybridized carbons (Fsp3) is 0.0667. The maximum atomic E-state index is 7.09. The quantitative estimate of drug-likeness (QED) is 0.661. The summed E-state index contributed by atoms with van der Waals surface area (Å²) >= 11 is 0. The molecule has 96 valence electrons. The molecule has 0 amide bonds. The lowest BCUT2D eigenvalue weighted by Crippen LogP contribution is -1.84. The van der Waals surface area contributed by atoms with Crippen LogP contribution in [0.25, 0.3) is 27.8 Å². The minimum atomic E-state index is 0.367. The van der Waals surface area contributed by atoms with Crippen molar-refractivity contribution in [2.45, 2.75) is 6.92 Å². The highest BCUT2D eigenvalue weighted by Gasteiger charge is 2.12. The highest BCUT2D eigenvalue weighted by molar-refractivity contribution is 5.65. The minimum absolute atomic E-state index is 0.367. The summed E-state index contributed by atoms with van der Waals surface area (Å²) in [6.45, 7) is 9.02. The summed E-state index contributed by atoms with van der Waals surface area (Å²) in [5, 5.41) is 3.95. The first-order valence-electron chi connectivity index (χ1n) is 6.01. The van der Waals surface area contributed by atoms with Crippen molar-refractivity contribution in [3.05, 3.63) is 59.6 Å². The van der Waals surface area contributed by atoms with Crippen molar-refractivity contribution in [2.24, 2.45) is 0 Å². The Bertz CT molecular complexity index is 787. The molecule has 2 heterocycles. The predicted octanol–water partition coefficient (Wildman–Crippen LogP) is 3.66. The summed E-state index contributed by atoms with van der Waals surface area (Å²) in [5.41, 5.74) is 2.94. The van der Waals surface area contributed by atoms with Gasteiger partial charge < -0.3 is 4.52 Å². The van der Waals surface area contributed by atoms with E-state index in [1.54, 1.807) is 18.3 Å². The lowest BCUT2D eigenvalue weighted by atomic mass is 10.1. The van der Waals surface area contributed by atoms with Crippen LogP contribution in [0, 0.1) is 13.5 Å². The van der Waals surface area contributed by atoms with E-state index in [0.29, 0.717) is 23.1 Å². The van der Waals surface area contributed by atoms with Crippen LogP contribution in [0.1, 0.15) is 5.56 Å². The zero-order valence-electron chi connectivity index (χ0n) is 10.7. The third-order valence-corrected chi connectivity index (χ3v) is 2.76. The van der Waals surface area contributed by atoms with Crippen LogP contribution in [0.5, 0.6) is 0 Å². The van der Waals surface area contributed by atoms with Crippen LogP contribution < -0.4 is 0 Å². The van der Waals surface area contributed by atoms with E-state index < -0.39 is 0 Å². The standard InChI is InChI=1S/C15H10N4O/c1-10-7-11(9-12(8-10)16-2)14-18-15(20-19-14)13-5-3-4-6-17-13/h3-9H,1H3. The molecular weight excluding hydrogens is 252 g/mol. The van der Waals surface area contributed by atoms with Gasteiger partial charge in [-0.2, -0.15) is 4.98 Å². The van der Waals surface area contributed by atoms with Crippen LogP contribution >= 0.6 is 0 Å². The Morgan fingerprint density at radius 2 is 2.10 bits per heavy atom. The van der Waals surface area contributed by atoms with Crippen molar-refractivity contribution in [1.82, 2.24) is 15.1 Å². The smallest absolute Gasteiger partial charge is 0.276 e. The van der Waals surface area contributed by atoms with Crippen LogP contribution in [0.15, 0.2) is 47.1 Å². The van der Waals surface area contributed by atoms with Crippen molar-refractivity contribution in [3.8, 4) is 23.0 Å². The summed E-state index contributed by atoms with van der Waals surface area (Å²) < 4.78 is 5.22. The average Bonchev–Trinajstić information content (AvgIpc) is 2.97. The third-order valence-electron chi connectivity index (χ3n) is 2.76. The second-order valence-corrected chi connectivity index (χ2v) is 4.31. The molecule has 0 N–H and O–H groups in total. The molecule has 0 aliphatic rings. The van der Waals surface area contributed by atoms with E-state index in [2.05, 4.69) is 20.0 Å². The van der Waals surface area contributed by atoms with Crippen LogP contribution in [-0.2, 0) is 0 Å². The number of aromatic nitrogens is 3. The van der Waals surface area contributed by atoms with E-state index >= 15 is 0 Å². The van der Waals surface area contributed by atoms with Crippen molar-refractivity contribution in [2.75, 3.05) is 0 Å². The van der Waals surface area contributed by atoms with Gasteiger partial charge in [0.2, 0.25) is 5.82 Å². The molecule has 1 aromatic carbocycles. The zero-order valence-corrected chi connectivity index (χ0v) is 10.7. The fourth-order valence-electron chi connectivity index (χ4n) is 1.89. The first-order chi connectivity index (χ1) is 9.76. The van der Waals surface area contributed by atoms with Gasteiger partial charge in [-0.25, -0.2) is 4.85 Å². The molecule has 0 bridgehead atoms. The molecule has 0 unspecified atom stereocenters. The van der Waals surface area contributed by atoms with Crippen LogP contribution in [0.3, 0.4) is 0 Å². The van der Waals surface area contributed by atoms with Gasteiger partial charge in [-0.15, -0.1) is 0 Å². The topological polar surface area (TPSA) is 56.2 Å². The molecule has 5 heteroatoms. The van der Waals surface area contributed by atoms with Crippen molar-refractivity contribution >= 4 is 5.69 Å². The molecule has 0 aliphatic carbocycles. The van der Waals surface area contributed by atoms with Gasteiger partial charge in [0.25, 0.3) is 5.89 Å². The lowest BCUT2D eigenvalue weighted by Gasteiger charge is -1.98. The molecule has 3 aromatic rings. The van der Waals surface area contributed by atoms with E-state index in [0.717, 1.165) is 11.1 Å². The Morgan fingerprint density at radius 1 is 1.20 bits per heavy atom. The molecular formula is C15H10N4O. The largest absolute Gasteiger partial charge is 0.332 e. The second-order valence-electron chi connectivity index (χ2n) is 4.31. The van der Waals surface area contributed by atoms with E-state index in [9.17, 15) is 0 Å². The van der Waals surface area contributed by atoms with Gasteiger partial charge >= 0.3 is 0 Å². The summed E-state index contributed by atoms with van der Waals surface area (Å²) in [4.78, 5) is 11.9. The van der Waals surface area contributed by atoms with Gasteiger partial charge in [0.1, 0.15) is 5.69 Å². The van der Waals surface area contributed by atoms with E-state index in [-0.39, 0.29) is 0 Å². The molecule has 0 saturated carbocycles. The molecule has 0 spiro atoms. The van der Waals surface area contributed by atoms with Gasteiger partial charge in [0, 0.05) is 11.8 Å². The molecule has 2 aromatic heterocycles. The lowest BCUT2D eigenvalue weighted by molar-refractivity contribution is 0.431. The molecule has 5 nitrogen and oxygen atoms in total. The monoisotopic (exact) mass is 262 g/mol. The Morgan fingerprint density at radius 3 is 2.85 bits per heavy atom. The first-order valence-corrected chi connectivity index (χ1v) is 6.01. The molecule has 0 aliphatic heterocycles. The van der Waals surface area contributed by atoms with Crippen LogP contribution in [0.4, 0.5) is 5.69 Å². The molecule has 0 fully saturated rings. The van der Waals surface area contributed by atoms with Crippen LogP contribution in [0.2, 0.25) is 0 Å². The van der Waals surface area contributed by atoms with Crippen molar-refractivity contribution in [3.63, 3.8) is 0 Å². The van der Waals surface area contributed by atoms with E-state index in [1.807, 2.05) is 31.2 Å². The summed E-state index contributed by atoms with van der Waals surface area (Å²) in [6.07, 6.45) is 1.67. The molecule has 20 heavy (non-hydrogen) atoms. The number of pyridine rings is 1. The van der Waals surface area contributed by atoms with Gasteiger partial charge in [-0.3, -0.25) is 4.98 Å².